The topological polar surface area (TPSA) is 36.7 Å². The maximum absolute atomic E-state index is 8.79. The lowest BCUT2D eigenvalue weighted by atomic mass is 9.88. The van der Waals surface area contributed by atoms with Crippen molar-refractivity contribution >= 4 is 0 Å². The minimum absolute atomic E-state index is 0.276. The van der Waals surface area contributed by atoms with Crippen molar-refractivity contribution in [3.05, 3.63) is 30.1 Å². The Morgan fingerprint density at radius 3 is 2.50 bits per heavy atom. The van der Waals surface area contributed by atoms with Crippen LogP contribution in [0.4, 0.5) is 0 Å². The Balaban J connectivity index is 2.72. The zero-order valence-corrected chi connectivity index (χ0v) is 7.41. The molecule has 0 N–H and O–H groups in total. The minimum atomic E-state index is -0.276. The summed E-state index contributed by atoms with van der Waals surface area (Å²) in [7, 11) is 0. The molecule has 1 aromatic heterocycles. The normalized spacial score (nSPS) is 10.8. The lowest BCUT2D eigenvalue weighted by Crippen LogP contribution is -2.11. The summed E-state index contributed by atoms with van der Waals surface area (Å²) in [5.74, 6) is 0. The van der Waals surface area contributed by atoms with E-state index in [-0.39, 0.29) is 5.41 Å². The monoisotopic (exact) mass is 160 g/mol. The van der Waals surface area contributed by atoms with Gasteiger partial charge in [-0.1, -0.05) is 0 Å². The highest BCUT2D eigenvalue weighted by Gasteiger charge is 2.16. The summed E-state index contributed by atoms with van der Waals surface area (Å²) in [5, 5.41) is 8.79. The summed E-state index contributed by atoms with van der Waals surface area (Å²) < 4.78 is 0. The predicted molar refractivity (Wildman–Crippen MR) is 47.3 cm³/mol. The maximum atomic E-state index is 8.79. The van der Waals surface area contributed by atoms with E-state index in [0.29, 0.717) is 0 Å². The third-order valence-electron chi connectivity index (χ3n) is 1.70. The van der Waals surface area contributed by atoms with Gasteiger partial charge >= 0.3 is 0 Å². The SMILES string of the molecule is CC(C)(C#N)Cc1ccncc1. The van der Waals surface area contributed by atoms with Crippen molar-refractivity contribution in [1.29, 1.82) is 5.26 Å². The molecule has 0 aliphatic carbocycles. The molecule has 0 saturated carbocycles. The summed E-state index contributed by atoms with van der Waals surface area (Å²) in [5.41, 5.74) is 0.887. The summed E-state index contributed by atoms with van der Waals surface area (Å²) in [4.78, 5) is 3.92. The van der Waals surface area contributed by atoms with E-state index >= 15 is 0 Å². The van der Waals surface area contributed by atoms with Crippen LogP contribution in [0, 0.1) is 16.7 Å². The summed E-state index contributed by atoms with van der Waals surface area (Å²) in [6, 6.07) is 6.16. The van der Waals surface area contributed by atoms with Crippen LogP contribution >= 0.6 is 0 Å². The van der Waals surface area contributed by atoms with Crippen LogP contribution in [0.5, 0.6) is 0 Å². The fourth-order valence-corrected chi connectivity index (χ4v) is 1.05. The first kappa shape index (κ1) is 8.73. The molecule has 0 radical (unpaired) electrons. The van der Waals surface area contributed by atoms with Crippen molar-refractivity contribution in [2.45, 2.75) is 20.3 Å². The number of hydrogen-bond acceptors (Lipinski definition) is 2. The first-order valence-electron chi connectivity index (χ1n) is 3.94. The van der Waals surface area contributed by atoms with Gasteiger partial charge in [-0.15, -0.1) is 0 Å². The Hall–Kier alpha value is -1.36. The van der Waals surface area contributed by atoms with E-state index in [0.717, 1.165) is 12.0 Å². The molecule has 0 atom stereocenters. The molecular weight excluding hydrogens is 148 g/mol. The van der Waals surface area contributed by atoms with Gasteiger partial charge in [0.25, 0.3) is 0 Å². The van der Waals surface area contributed by atoms with E-state index < -0.39 is 0 Å². The molecule has 62 valence electrons. The second kappa shape index (κ2) is 3.36. The van der Waals surface area contributed by atoms with E-state index in [9.17, 15) is 0 Å². The largest absolute Gasteiger partial charge is 0.265 e. The zero-order chi connectivity index (χ0) is 9.03. The van der Waals surface area contributed by atoms with Crippen molar-refractivity contribution in [3.63, 3.8) is 0 Å². The number of pyridine rings is 1. The highest BCUT2D eigenvalue weighted by molar-refractivity contribution is 5.14. The third kappa shape index (κ3) is 2.35. The van der Waals surface area contributed by atoms with Crippen LogP contribution in [0.3, 0.4) is 0 Å². The lowest BCUT2D eigenvalue weighted by molar-refractivity contribution is 0.493. The van der Waals surface area contributed by atoms with Crippen molar-refractivity contribution in [1.82, 2.24) is 4.98 Å². The zero-order valence-electron chi connectivity index (χ0n) is 7.41. The molecule has 1 rings (SSSR count). The van der Waals surface area contributed by atoms with E-state index in [1.54, 1.807) is 12.4 Å². The Morgan fingerprint density at radius 2 is 2.00 bits per heavy atom. The first-order valence-corrected chi connectivity index (χ1v) is 3.94. The molecule has 1 heterocycles. The van der Waals surface area contributed by atoms with Gasteiger partial charge in [0.15, 0.2) is 0 Å². The molecule has 2 heteroatoms. The second-order valence-electron chi connectivity index (χ2n) is 3.53. The van der Waals surface area contributed by atoms with Gasteiger partial charge < -0.3 is 0 Å². The van der Waals surface area contributed by atoms with Crippen molar-refractivity contribution in [3.8, 4) is 6.07 Å². The molecule has 0 spiro atoms. The van der Waals surface area contributed by atoms with Gasteiger partial charge in [-0.25, -0.2) is 0 Å². The van der Waals surface area contributed by atoms with E-state index in [1.807, 2.05) is 26.0 Å². The molecule has 2 nitrogen and oxygen atoms in total. The van der Waals surface area contributed by atoms with Crippen LogP contribution in [0.25, 0.3) is 0 Å². The van der Waals surface area contributed by atoms with Gasteiger partial charge in [-0.05, 0) is 38.0 Å². The van der Waals surface area contributed by atoms with Gasteiger partial charge in [-0.2, -0.15) is 5.26 Å². The third-order valence-corrected chi connectivity index (χ3v) is 1.70. The fraction of sp³-hybridized carbons (Fsp3) is 0.400. The van der Waals surface area contributed by atoms with E-state index in [2.05, 4.69) is 11.1 Å². The van der Waals surface area contributed by atoms with Crippen LogP contribution in [-0.4, -0.2) is 4.98 Å². The van der Waals surface area contributed by atoms with Crippen LogP contribution in [0.15, 0.2) is 24.5 Å². The average Bonchev–Trinajstić information content (AvgIpc) is 2.06. The number of rotatable bonds is 2. The smallest absolute Gasteiger partial charge is 0.0687 e. The number of nitrogens with zero attached hydrogens (tertiary/aromatic N) is 2. The van der Waals surface area contributed by atoms with Crippen LogP contribution < -0.4 is 0 Å². The molecule has 0 aliphatic heterocycles. The first-order chi connectivity index (χ1) is 5.64. The highest BCUT2D eigenvalue weighted by atomic mass is 14.6. The number of hydrogen-bond donors (Lipinski definition) is 0. The molecule has 0 amide bonds. The fourth-order valence-electron chi connectivity index (χ4n) is 1.05. The van der Waals surface area contributed by atoms with Gasteiger partial charge in [0, 0.05) is 12.4 Å². The molecule has 0 bridgehead atoms. The van der Waals surface area contributed by atoms with E-state index in [4.69, 9.17) is 5.26 Å². The Labute approximate surface area is 72.9 Å². The maximum Gasteiger partial charge on any atom is 0.0687 e. The van der Waals surface area contributed by atoms with Gasteiger partial charge in [0.2, 0.25) is 0 Å². The molecule has 0 fully saturated rings. The lowest BCUT2D eigenvalue weighted by Gasteiger charge is -2.14. The highest BCUT2D eigenvalue weighted by Crippen LogP contribution is 2.19. The molecule has 0 saturated heterocycles. The Bertz CT molecular complexity index is 282. The van der Waals surface area contributed by atoms with Crippen molar-refractivity contribution in [2.24, 2.45) is 5.41 Å². The quantitative estimate of drug-likeness (QED) is 0.664. The molecular formula is C10H12N2. The molecule has 1 aromatic rings. The summed E-state index contributed by atoms with van der Waals surface area (Å²) in [6.45, 7) is 3.88. The van der Waals surface area contributed by atoms with E-state index in [1.165, 1.54) is 0 Å². The molecule has 12 heavy (non-hydrogen) atoms. The van der Waals surface area contributed by atoms with Crippen molar-refractivity contribution in [2.75, 3.05) is 0 Å². The number of aromatic nitrogens is 1. The Kier molecular flexibility index (Phi) is 2.44. The van der Waals surface area contributed by atoms with Crippen LogP contribution in [0.2, 0.25) is 0 Å². The van der Waals surface area contributed by atoms with Crippen LogP contribution in [0.1, 0.15) is 19.4 Å². The predicted octanol–water partition coefficient (Wildman–Crippen LogP) is 2.17. The average molecular weight is 160 g/mol. The van der Waals surface area contributed by atoms with Gasteiger partial charge in [0.05, 0.1) is 11.5 Å². The second-order valence-corrected chi connectivity index (χ2v) is 3.53. The van der Waals surface area contributed by atoms with Gasteiger partial charge in [0.1, 0.15) is 0 Å². The minimum Gasteiger partial charge on any atom is -0.265 e. The summed E-state index contributed by atoms with van der Waals surface area (Å²) >= 11 is 0. The summed E-state index contributed by atoms with van der Waals surface area (Å²) in [6.07, 6.45) is 4.29. The molecule has 0 unspecified atom stereocenters. The molecule has 0 aromatic carbocycles. The number of nitriles is 1. The molecule has 0 aliphatic rings. The van der Waals surface area contributed by atoms with Crippen molar-refractivity contribution < 1.29 is 0 Å². The van der Waals surface area contributed by atoms with Gasteiger partial charge in [-0.3, -0.25) is 4.98 Å². The standard InChI is InChI=1S/C10H12N2/c1-10(2,8-11)7-9-3-5-12-6-4-9/h3-6H,7H2,1-2H3. The Morgan fingerprint density at radius 1 is 1.42 bits per heavy atom. The van der Waals surface area contributed by atoms with Crippen LogP contribution in [-0.2, 0) is 6.42 Å².